The monoisotopic (exact) mass is 439 g/mol. The van der Waals surface area contributed by atoms with Gasteiger partial charge in [0.05, 0.1) is 5.69 Å². The second kappa shape index (κ2) is 8.24. The first-order chi connectivity index (χ1) is 14.3. The zero-order valence-electron chi connectivity index (χ0n) is 17.4. The largest absolute Gasteiger partial charge is 0.477 e. The number of hydrogen-bond acceptors (Lipinski definition) is 4. The van der Waals surface area contributed by atoms with Crippen molar-refractivity contribution < 1.29 is 32.6 Å². The molecule has 1 aliphatic rings. The van der Waals surface area contributed by atoms with E-state index in [4.69, 9.17) is 4.74 Å². The molecule has 31 heavy (non-hydrogen) atoms. The van der Waals surface area contributed by atoms with Crippen molar-refractivity contribution in [3.63, 3.8) is 0 Å². The summed E-state index contributed by atoms with van der Waals surface area (Å²) in [4.78, 5) is 25.3. The SMILES string of the molecule is CC(C)(C)OC(=O)N1CCC(c2cccc(-n3nc(C(F)(F)F)cc3C(=O)O)c2)CC1. The van der Waals surface area contributed by atoms with Gasteiger partial charge in [0.15, 0.2) is 11.4 Å². The molecule has 168 valence electrons. The van der Waals surface area contributed by atoms with E-state index in [9.17, 15) is 27.9 Å². The van der Waals surface area contributed by atoms with Gasteiger partial charge in [-0.15, -0.1) is 0 Å². The van der Waals surface area contributed by atoms with Crippen molar-refractivity contribution in [2.24, 2.45) is 0 Å². The number of piperidine rings is 1. The first-order valence-electron chi connectivity index (χ1n) is 9.84. The van der Waals surface area contributed by atoms with Gasteiger partial charge >= 0.3 is 18.2 Å². The highest BCUT2D eigenvalue weighted by atomic mass is 19.4. The number of hydrogen-bond donors (Lipinski definition) is 1. The summed E-state index contributed by atoms with van der Waals surface area (Å²) in [6.45, 7) is 6.38. The Bertz CT molecular complexity index is 971. The summed E-state index contributed by atoms with van der Waals surface area (Å²) in [6, 6.07) is 7.18. The minimum Gasteiger partial charge on any atom is -0.477 e. The molecule has 1 N–H and O–H groups in total. The van der Waals surface area contributed by atoms with Crippen molar-refractivity contribution in [2.75, 3.05) is 13.1 Å². The van der Waals surface area contributed by atoms with Crippen molar-refractivity contribution in [1.29, 1.82) is 0 Å². The Kier molecular flexibility index (Phi) is 6.02. The number of halogens is 3. The van der Waals surface area contributed by atoms with Crippen LogP contribution < -0.4 is 0 Å². The van der Waals surface area contributed by atoms with Crippen LogP contribution in [0, 0.1) is 0 Å². The van der Waals surface area contributed by atoms with Crippen LogP contribution in [-0.2, 0) is 10.9 Å². The van der Waals surface area contributed by atoms with E-state index in [1.165, 1.54) is 6.07 Å². The lowest BCUT2D eigenvalue weighted by Crippen LogP contribution is -2.41. The first kappa shape index (κ1) is 22.6. The Morgan fingerprint density at radius 2 is 1.77 bits per heavy atom. The number of aromatic carboxylic acids is 1. The van der Waals surface area contributed by atoms with Crippen LogP contribution in [0.15, 0.2) is 30.3 Å². The Labute approximate surface area is 177 Å². The second-order valence-corrected chi connectivity index (χ2v) is 8.47. The van der Waals surface area contributed by atoms with Crippen LogP contribution in [0.25, 0.3) is 5.69 Å². The minimum atomic E-state index is -4.75. The van der Waals surface area contributed by atoms with E-state index in [0.717, 1.165) is 10.2 Å². The number of rotatable bonds is 3. The van der Waals surface area contributed by atoms with Crippen molar-refractivity contribution in [1.82, 2.24) is 14.7 Å². The van der Waals surface area contributed by atoms with Crippen LogP contribution in [0.4, 0.5) is 18.0 Å². The maximum Gasteiger partial charge on any atom is 0.435 e. The standard InChI is InChI=1S/C21H24F3N3O4/c1-20(2,3)31-19(30)26-9-7-13(8-10-26)14-5-4-6-15(11-14)27-16(18(28)29)12-17(25-27)21(22,23)24/h4-6,11-13H,7-10H2,1-3H3,(H,28,29). The summed E-state index contributed by atoms with van der Waals surface area (Å²) >= 11 is 0. The van der Waals surface area contributed by atoms with Gasteiger partial charge < -0.3 is 14.7 Å². The topological polar surface area (TPSA) is 84.7 Å². The predicted molar refractivity (Wildman–Crippen MR) is 105 cm³/mol. The molecule has 0 radical (unpaired) electrons. The summed E-state index contributed by atoms with van der Waals surface area (Å²) in [5.74, 6) is -1.43. The molecule has 0 spiro atoms. The van der Waals surface area contributed by atoms with Gasteiger partial charge in [0.1, 0.15) is 5.60 Å². The van der Waals surface area contributed by atoms with E-state index >= 15 is 0 Å². The highest BCUT2D eigenvalue weighted by Gasteiger charge is 2.36. The third-order valence-electron chi connectivity index (χ3n) is 4.95. The minimum absolute atomic E-state index is 0.0737. The average Bonchev–Trinajstić information content (AvgIpc) is 3.13. The molecular formula is C21H24F3N3O4. The van der Waals surface area contributed by atoms with Gasteiger partial charge in [0.25, 0.3) is 0 Å². The van der Waals surface area contributed by atoms with E-state index < -0.39 is 29.1 Å². The molecule has 0 atom stereocenters. The summed E-state index contributed by atoms with van der Waals surface area (Å²) in [5, 5.41) is 12.8. The third-order valence-corrected chi connectivity index (χ3v) is 4.95. The molecule has 1 aromatic heterocycles. The fourth-order valence-corrected chi connectivity index (χ4v) is 3.50. The molecule has 0 aliphatic carbocycles. The second-order valence-electron chi connectivity index (χ2n) is 8.47. The number of benzene rings is 1. The molecule has 7 nitrogen and oxygen atoms in total. The van der Waals surface area contributed by atoms with Gasteiger partial charge in [0, 0.05) is 19.2 Å². The Balaban J connectivity index is 1.79. The van der Waals surface area contributed by atoms with Crippen LogP contribution in [0.3, 0.4) is 0 Å². The molecule has 0 bridgehead atoms. The van der Waals surface area contributed by atoms with Gasteiger partial charge in [-0.25, -0.2) is 14.3 Å². The zero-order valence-corrected chi connectivity index (χ0v) is 17.4. The molecule has 0 unspecified atom stereocenters. The van der Waals surface area contributed by atoms with E-state index in [2.05, 4.69) is 5.10 Å². The van der Waals surface area contributed by atoms with Crippen molar-refractivity contribution in [3.8, 4) is 5.69 Å². The lowest BCUT2D eigenvalue weighted by Gasteiger charge is -2.33. The molecule has 1 aromatic carbocycles. The number of aromatic nitrogens is 2. The highest BCUT2D eigenvalue weighted by Crippen LogP contribution is 2.32. The first-order valence-corrected chi connectivity index (χ1v) is 9.84. The Morgan fingerprint density at radius 1 is 1.13 bits per heavy atom. The number of amides is 1. The molecule has 1 fully saturated rings. The van der Waals surface area contributed by atoms with Crippen molar-refractivity contribution in [2.45, 2.75) is 51.3 Å². The molecule has 0 saturated carbocycles. The van der Waals surface area contributed by atoms with Gasteiger partial charge in [-0.3, -0.25) is 0 Å². The quantitative estimate of drug-likeness (QED) is 0.749. The highest BCUT2D eigenvalue weighted by molar-refractivity contribution is 5.86. The summed E-state index contributed by atoms with van der Waals surface area (Å²) in [5.41, 5.74) is -1.32. The van der Waals surface area contributed by atoms with Gasteiger partial charge in [0.2, 0.25) is 0 Å². The number of carbonyl (C=O) groups is 2. The van der Waals surface area contributed by atoms with Gasteiger partial charge in [-0.1, -0.05) is 12.1 Å². The van der Waals surface area contributed by atoms with Gasteiger partial charge in [-0.05, 0) is 57.2 Å². The lowest BCUT2D eigenvalue weighted by atomic mass is 9.89. The zero-order chi connectivity index (χ0) is 23.0. The van der Waals surface area contributed by atoms with Crippen LogP contribution >= 0.6 is 0 Å². The Morgan fingerprint density at radius 3 is 2.32 bits per heavy atom. The summed E-state index contributed by atoms with van der Waals surface area (Å²) < 4.78 is 45.3. The van der Waals surface area contributed by atoms with Gasteiger partial charge in [-0.2, -0.15) is 18.3 Å². The fourth-order valence-electron chi connectivity index (χ4n) is 3.50. The van der Waals surface area contributed by atoms with Crippen molar-refractivity contribution in [3.05, 3.63) is 47.3 Å². The molecule has 10 heteroatoms. The van der Waals surface area contributed by atoms with E-state index in [0.29, 0.717) is 32.0 Å². The molecular weight excluding hydrogens is 415 g/mol. The van der Waals surface area contributed by atoms with E-state index in [-0.39, 0.29) is 17.7 Å². The average molecular weight is 439 g/mol. The molecule has 2 heterocycles. The molecule has 1 amide bonds. The normalized spacial score (nSPS) is 15.7. The maximum atomic E-state index is 13.0. The molecule has 2 aromatic rings. The summed E-state index contributed by atoms with van der Waals surface area (Å²) in [7, 11) is 0. The number of carboxylic acids is 1. The lowest BCUT2D eigenvalue weighted by molar-refractivity contribution is -0.141. The Hall–Kier alpha value is -3.04. The number of ether oxygens (including phenoxy) is 1. The number of carboxylic acid groups (broad SMARTS) is 1. The number of carbonyl (C=O) groups excluding carboxylic acids is 1. The van der Waals surface area contributed by atoms with Crippen LogP contribution in [0.2, 0.25) is 0 Å². The number of nitrogens with zero attached hydrogens (tertiary/aromatic N) is 3. The number of likely N-dealkylation sites (tertiary alicyclic amines) is 1. The molecule has 1 aliphatic heterocycles. The maximum absolute atomic E-state index is 13.0. The number of alkyl halides is 3. The smallest absolute Gasteiger partial charge is 0.435 e. The molecule has 3 rings (SSSR count). The van der Waals surface area contributed by atoms with E-state index in [1.54, 1.807) is 37.8 Å². The fraction of sp³-hybridized carbons (Fsp3) is 0.476. The predicted octanol–water partition coefficient (Wildman–Crippen LogP) is 4.70. The summed E-state index contributed by atoms with van der Waals surface area (Å²) in [6.07, 6.45) is -3.81. The van der Waals surface area contributed by atoms with E-state index in [1.807, 2.05) is 6.07 Å². The van der Waals surface area contributed by atoms with Crippen LogP contribution in [-0.4, -0.2) is 50.5 Å². The molecule has 1 saturated heterocycles. The third kappa shape index (κ3) is 5.36. The van der Waals surface area contributed by atoms with Crippen LogP contribution in [0.5, 0.6) is 0 Å². The van der Waals surface area contributed by atoms with Crippen LogP contribution in [0.1, 0.15) is 61.3 Å². The van der Waals surface area contributed by atoms with Crippen molar-refractivity contribution >= 4 is 12.1 Å².